The summed E-state index contributed by atoms with van der Waals surface area (Å²) in [6, 6.07) is 15.3. The van der Waals surface area contributed by atoms with Gasteiger partial charge < -0.3 is 9.30 Å². The molecule has 0 aliphatic rings. The Kier molecular flexibility index (Phi) is 4.13. The number of methoxy groups -OCH3 is 1. The Labute approximate surface area is 172 Å². The van der Waals surface area contributed by atoms with Crippen LogP contribution in [0.4, 0.5) is 0 Å². The molecule has 150 valence electrons. The number of hydrogen-bond acceptors (Lipinski definition) is 5. The number of benzene rings is 2. The second-order valence-electron chi connectivity index (χ2n) is 7.27. The molecule has 0 aliphatic carbocycles. The molecule has 5 aromatic rings. The molecule has 3 heterocycles. The van der Waals surface area contributed by atoms with Crippen molar-refractivity contribution in [3.05, 3.63) is 71.4 Å². The number of para-hydroxylation sites is 4. The van der Waals surface area contributed by atoms with Crippen LogP contribution >= 0.6 is 0 Å². The second kappa shape index (κ2) is 6.84. The molecule has 0 amide bonds. The fourth-order valence-electron chi connectivity index (χ4n) is 3.91. The molecule has 0 atom stereocenters. The van der Waals surface area contributed by atoms with Gasteiger partial charge in [0, 0.05) is 6.04 Å². The molecule has 0 saturated carbocycles. The third kappa shape index (κ3) is 2.53. The lowest BCUT2D eigenvalue weighted by Crippen LogP contribution is -2.24. The highest BCUT2D eigenvalue weighted by molar-refractivity contribution is 5.84. The molecule has 30 heavy (non-hydrogen) atoms. The van der Waals surface area contributed by atoms with Crippen LogP contribution < -0.4 is 10.3 Å². The Bertz CT molecular complexity index is 1440. The van der Waals surface area contributed by atoms with Crippen LogP contribution in [0.2, 0.25) is 0 Å². The van der Waals surface area contributed by atoms with Gasteiger partial charge in [-0.15, -0.1) is 5.10 Å². The van der Waals surface area contributed by atoms with Gasteiger partial charge in [-0.1, -0.05) is 29.5 Å². The molecule has 8 nitrogen and oxygen atoms in total. The van der Waals surface area contributed by atoms with Crippen molar-refractivity contribution in [2.24, 2.45) is 0 Å². The van der Waals surface area contributed by atoms with E-state index in [0.29, 0.717) is 22.7 Å². The Morgan fingerprint density at radius 2 is 1.73 bits per heavy atom. The minimum Gasteiger partial charge on any atom is -0.494 e. The van der Waals surface area contributed by atoms with Gasteiger partial charge in [-0.3, -0.25) is 9.20 Å². The summed E-state index contributed by atoms with van der Waals surface area (Å²) in [5.74, 6) is 0.651. The number of nitrogens with zero attached hydrogens (tertiary/aromatic N) is 6. The third-order valence-corrected chi connectivity index (χ3v) is 5.21. The van der Waals surface area contributed by atoms with Crippen LogP contribution in [0.3, 0.4) is 0 Å². The van der Waals surface area contributed by atoms with E-state index < -0.39 is 0 Å². The van der Waals surface area contributed by atoms with E-state index in [-0.39, 0.29) is 11.6 Å². The standard InChI is InChI=1S/C22H20N6O2/c1-14(2)27-16-9-5-4-8-15(16)26-13-23-20(21(26)22(27)29)18-12-24-25-28(18)17-10-6-7-11-19(17)30-3/h4-14H,1-3H3. The van der Waals surface area contributed by atoms with Crippen molar-refractivity contribution in [2.75, 3.05) is 7.11 Å². The summed E-state index contributed by atoms with van der Waals surface area (Å²) in [6.07, 6.45) is 3.29. The topological polar surface area (TPSA) is 79.2 Å². The third-order valence-electron chi connectivity index (χ3n) is 5.21. The van der Waals surface area contributed by atoms with Crippen LogP contribution in [0.15, 0.2) is 65.8 Å². The van der Waals surface area contributed by atoms with Crippen LogP contribution in [-0.2, 0) is 0 Å². The Morgan fingerprint density at radius 3 is 2.50 bits per heavy atom. The largest absolute Gasteiger partial charge is 0.494 e. The molecule has 0 fully saturated rings. The number of ether oxygens (including phenoxy) is 1. The molecule has 0 unspecified atom stereocenters. The molecule has 0 saturated heterocycles. The molecule has 0 spiro atoms. The molecule has 0 aliphatic heterocycles. The Hall–Kier alpha value is -3.94. The first-order valence-electron chi connectivity index (χ1n) is 9.66. The zero-order valence-corrected chi connectivity index (χ0v) is 16.9. The molecular formula is C22H20N6O2. The summed E-state index contributed by atoms with van der Waals surface area (Å²) < 4.78 is 10.8. The lowest BCUT2D eigenvalue weighted by Gasteiger charge is -2.15. The Morgan fingerprint density at radius 1 is 1.00 bits per heavy atom. The first kappa shape index (κ1) is 18.1. The van der Waals surface area contributed by atoms with E-state index in [4.69, 9.17) is 4.74 Å². The second-order valence-corrected chi connectivity index (χ2v) is 7.27. The van der Waals surface area contributed by atoms with E-state index in [1.165, 1.54) is 0 Å². The molecule has 8 heteroatoms. The molecule has 0 radical (unpaired) electrons. The lowest BCUT2D eigenvalue weighted by molar-refractivity contribution is 0.411. The minimum atomic E-state index is -0.107. The number of aromatic nitrogens is 6. The van der Waals surface area contributed by atoms with E-state index >= 15 is 0 Å². The van der Waals surface area contributed by atoms with Gasteiger partial charge >= 0.3 is 0 Å². The van der Waals surface area contributed by atoms with E-state index in [1.807, 2.05) is 66.8 Å². The number of rotatable bonds is 4. The van der Waals surface area contributed by atoms with Crippen LogP contribution in [0, 0.1) is 0 Å². The number of imidazole rings is 1. The smallest absolute Gasteiger partial charge is 0.277 e. The fraction of sp³-hybridized carbons (Fsp3) is 0.182. The zero-order chi connectivity index (χ0) is 20.8. The summed E-state index contributed by atoms with van der Waals surface area (Å²) in [4.78, 5) is 18.2. The molecule has 3 aromatic heterocycles. The highest BCUT2D eigenvalue weighted by Gasteiger charge is 2.22. The maximum Gasteiger partial charge on any atom is 0.277 e. The van der Waals surface area contributed by atoms with Crippen molar-refractivity contribution in [1.82, 2.24) is 28.9 Å². The Balaban J connectivity index is 1.86. The van der Waals surface area contributed by atoms with Gasteiger partial charge in [-0.25, -0.2) is 9.67 Å². The van der Waals surface area contributed by atoms with E-state index in [1.54, 1.807) is 28.9 Å². The van der Waals surface area contributed by atoms with Gasteiger partial charge in [0.15, 0.2) is 0 Å². The first-order valence-corrected chi connectivity index (χ1v) is 9.66. The summed E-state index contributed by atoms with van der Waals surface area (Å²) in [5.41, 5.74) is 4.02. The highest BCUT2D eigenvalue weighted by Crippen LogP contribution is 2.29. The molecule has 0 N–H and O–H groups in total. The van der Waals surface area contributed by atoms with Gasteiger partial charge in [-0.2, -0.15) is 0 Å². The number of hydrogen-bond donors (Lipinski definition) is 0. The fourth-order valence-corrected chi connectivity index (χ4v) is 3.91. The maximum absolute atomic E-state index is 13.6. The summed E-state index contributed by atoms with van der Waals surface area (Å²) >= 11 is 0. The highest BCUT2D eigenvalue weighted by atomic mass is 16.5. The van der Waals surface area contributed by atoms with Crippen LogP contribution in [-0.4, -0.2) is 36.1 Å². The van der Waals surface area contributed by atoms with E-state index in [0.717, 1.165) is 16.7 Å². The van der Waals surface area contributed by atoms with Gasteiger partial charge in [0.05, 0.1) is 24.3 Å². The summed E-state index contributed by atoms with van der Waals surface area (Å²) in [5, 5.41) is 8.32. The first-order chi connectivity index (χ1) is 14.6. The van der Waals surface area contributed by atoms with Crippen molar-refractivity contribution in [3.63, 3.8) is 0 Å². The maximum atomic E-state index is 13.6. The van der Waals surface area contributed by atoms with Gasteiger partial charge in [-0.05, 0) is 38.1 Å². The molecule has 5 rings (SSSR count). The van der Waals surface area contributed by atoms with Crippen LogP contribution in [0.1, 0.15) is 19.9 Å². The van der Waals surface area contributed by atoms with E-state index in [2.05, 4.69) is 15.3 Å². The van der Waals surface area contributed by atoms with Gasteiger partial charge in [0.2, 0.25) is 0 Å². The monoisotopic (exact) mass is 400 g/mol. The van der Waals surface area contributed by atoms with Crippen LogP contribution in [0.5, 0.6) is 5.75 Å². The van der Waals surface area contributed by atoms with Crippen molar-refractivity contribution in [2.45, 2.75) is 19.9 Å². The van der Waals surface area contributed by atoms with Crippen molar-refractivity contribution >= 4 is 16.6 Å². The van der Waals surface area contributed by atoms with Crippen molar-refractivity contribution < 1.29 is 4.74 Å². The number of fused-ring (bicyclic) bond motifs is 3. The van der Waals surface area contributed by atoms with E-state index in [9.17, 15) is 4.79 Å². The average molecular weight is 400 g/mol. The summed E-state index contributed by atoms with van der Waals surface area (Å²) in [7, 11) is 1.61. The zero-order valence-electron chi connectivity index (χ0n) is 16.9. The predicted molar refractivity (Wildman–Crippen MR) is 114 cm³/mol. The predicted octanol–water partition coefficient (Wildman–Crippen LogP) is 3.49. The molecular weight excluding hydrogens is 380 g/mol. The van der Waals surface area contributed by atoms with Crippen molar-refractivity contribution in [1.29, 1.82) is 0 Å². The van der Waals surface area contributed by atoms with Gasteiger partial charge in [0.1, 0.15) is 34.7 Å². The molecule has 0 bridgehead atoms. The normalized spacial score (nSPS) is 11.6. The molecule has 2 aromatic carbocycles. The average Bonchev–Trinajstić information content (AvgIpc) is 3.41. The lowest BCUT2D eigenvalue weighted by atomic mass is 10.2. The minimum absolute atomic E-state index is 0.00703. The summed E-state index contributed by atoms with van der Waals surface area (Å²) in [6.45, 7) is 4.00. The SMILES string of the molecule is COc1ccccc1-n1nncc1-c1ncn2c1c(=O)n(C(C)C)c1ccccc12. The van der Waals surface area contributed by atoms with Gasteiger partial charge in [0.25, 0.3) is 5.56 Å². The van der Waals surface area contributed by atoms with Crippen LogP contribution in [0.25, 0.3) is 33.6 Å². The quantitative estimate of drug-likeness (QED) is 0.461. The van der Waals surface area contributed by atoms with Crippen molar-refractivity contribution in [3.8, 4) is 22.8 Å².